The van der Waals surface area contributed by atoms with Gasteiger partial charge in [0.1, 0.15) is 12.4 Å². The molecule has 1 aromatic carbocycles. The molecule has 0 amide bonds. The van der Waals surface area contributed by atoms with Crippen LogP contribution in [0.15, 0.2) is 22.7 Å². The summed E-state index contributed by atoms with van der Waals surface area (Å²) < 4.78 is 12.0. The normalized spacial score (nSPS) is 15.7. The van der Waals surface area contributed by atoms with Crippen molar-refractivity contribution < 1.29 is 19.4 Å². The molecule has 1 fully saturated rings. The minimum atomic E-state index is -0.714. The van der Waals surface area contributed by atoms with Crippen molar-refractivity contribution in [1.82, 2.24) is 4.90 Å². The first-order chi connectivity index (χ1) is 10.1. The van der Waals surface area contributed by atoms with Crippen LogP contribution in [-0.2, 0) is 16.1 Å². The van der Waals surface area contributed by atoms with Crippen LogP contribution < -0.4 is 4.74 Å². The van der Waals surface area contributed by atoms with Crippen LogP contribution in [0.25, 0.3) is 0 Å². The topological polar surface area (TPSA) is 59.0 Å². The van der Waals surface area contributed by atoms with Gasteiger partial charge in [-0.05, 0) is 25.1 Å². The van der Waals surface area contributed by atoms with Crippen molar-refractivity contribution in [1.29, 1.82) is 0 Å². The number of halogens is 1. The lowest BCUT2D eigenvalue weighted by Gasteiger charge is -2.36. The average molecular weight is 358 g/mol. The average Bonchev–Trinajstić information content (AvgIpc) is 2.39. The predicted molar refractivity (Wildman–Crippen MR) is 82.5 cm³/mol. The van der Waals surface area contributed by atoms with Gasteiger partial charge in [-0.25, -0.2) is 0 Å². The molecular formula is C15H20BrNO4. The van der Waals surface area contributed by atoms with Crippen LogP contribution in [0.5, 0.6) is 5.75 Å². The van der Waals surface area contributed by atoms with Crippen LogP contribution in [0.2, 0.25) is 0 Å². The van der Waals surface area contributed by atoms with Crippen LogP contribution in [0.4, 0.5) is 0 Å². The number of carboxylic acid groups (broad SMARTS) is 1. The second-order valence-electron chi connectivity index (χ2n) is 5.03. The van der Waals surface area contributed by atoms with Gasteiger partial charge in [-0.15, -0.1) is 0 Å². The molecule has 21 heavy (non-hydrogen) atoms. The second-order valence-corrected chi connectivity index (χ2v) is 5.94. The molecular weight excluding hydrogens is 338 g/mol. The highest BCUT2D eigenvalue weighted by Crippen LogP contribution is 2.27. The Morgan fingerprint density at radius 1 is 1.43 bits per heavy atom. The van der Waals surface area contributed by atoms with E-state index in [1.54, 1.807) is 0 Å². The molecule has 0 bridgehead atoms. The van der Waals surface area contributed by atoms with Crippen LogP contribution in [-0.4, -0.2) is 48.9 Å². The fourth-order valence-electron chi connectivity index (χ4n) is 2.26. The second kappa shape index (κ2) is 7.77. The van der Waals surface area contributed by atoms with Gasteiger partial charge >= 0.3 is 5.97 Å². The highest BCUT2D eigenvalue weighted by Gasteiger charge is 2.32. The molecule has 116 valence electrons. The monoisotopic (exact) mass is 357 g/mol. The number of ether oxygens (including phenoxy) is 2. The lowest BCUT2D eigenvalue weighted by molar-refractivity contribution is -0.147. The lowest BCUT2D eigenvalue weighted by atomic mass is 9.99. The third-order valence-corrected chi connectivity index (χ3v) is 3.91. The number of carbonyl (C=O) groups is 1. The van der Waals surface area contributed by atoms with E-state index < -0.39 is 5.97 Å². The Kier molecular flexibility index (Phi) is 6.02. The van der Waals surface area contributed by atoms with E-state index in [9.17, 15) is 4.79 Å². The Morgan fingerprint density at radius 3 is 2.86 bits per heavy atom. The number of rotatable bonds is 8. The molecule has 0 unspecified atom stereocenters. The van der Waals surface area contributed by atoms with E-state index in [0.717, 1.165) is 15.8 Å². The highest BCUT2D eigenvalue weighted by molar-refractivity contribution is 9.10. The first-order valence-corrected chi connectivity index (χ1v) is 7.83. The molecule has 1 aliphatic rings. The zero-order valence-electron chi connectivity index (χ0n) is 12.0. The largest absolute Gasteiger partial charge is 0.491 e. The number of hydrogen-bond acceptors (Lipinski definition) is 4. The van der Waals surface area contributed by atoms with Crippen molar-refractivity contribution in [3.63, 3.8) is 0 Å². The maximum Gasteiger partial charge on any atom is 0.309 e. The van der Waals surface area contributed by atoms with Crippen LogP contribution >= 0.6 is 15.9 Å². The number of carboxylic acids is 1. The molecule has 0 saturated carbocycles. The predicted octanol–water partition coefficient (Wildman–Crippen LogP) is 2.38. The van der Waals surface area contributed by atoms with Crippen molar-refractivity contribution in [2.24, 2.45) is 5.92 Å². The first-order valence-electron chi connectivity index (χ1n) is 7.04. The van der Waals surface area contributed by atoms with E-state index in [-0.39, 0.29) is 5.92 Å². The van der Waals surface area contributed by atoms with Gasteiger partial charge in [0.15, 0.2) is 0 Å². The van der Waals surface area contributed by atoms with Gasteiger partial charge in [-0.2, -0.15) is 0 Å². The van der Waals surface area contributed by atoms with Gasteiger partial charge in [-0.1, -0.05) is 15.9 Å². The minimum Gasteiger partial charge on any atom is -0.491 e. The Bertz CT molecular complexity index is 489. The molecule has 1 aromatic rings. The minimum absolute atomic E-state index is 0.237. The maximum absolute atomic E-state index is 10.8. The van der Waals surface area contributed by atoms with Crippen LogP contribution in [0.1, 0.15) is 12.5 Å². The fourth-order valence-corrected chi connectivity index (χ4v) is 2.67. The molecule has 1 saturated heterocycles. The van der Waals surface area contributed by atoms with Gasteiger partial charge in [0, 0.05) is 36.3 Å². The van der Waals surface area contributed by atoms with Gasteiger partial charge in [0.2, 0.25) is 0 Å². The van der Waals surface area contributed by atoms with Gasteiger partial charge in [0.25, 0.3) is 0 Å². The zero-order valence-corrected chi connectivity index (χ0v) is 13.6. The summed E-state index contributed by atoms with van der Waals surface area (Å²) in [5, 5.41) is 8.91. The quantitative estimate of drug-likeness (QED) is 0.723. The van der Waals surface area contributed by atoms with Crippen LogP contribution in [0, 0.1) is 5.92 Å². The zero-order chi connectivity index (χ0) is 15.2. The van der Waals surface area contributed by atoms with E-state index in [2.05, 4.69) is 20.8 Å². The summed E-state index contributed by atoms with van der Waals surface area (Å²) in [4.78, 5) is 12.9. The third kappa shape index (κ3) is 4.69. The molecule has 0 spiro atoms. The Labute approximate surface area is 133 Å². The molecule has 2 rings (SSSR count). The van der Waals surface area contributed by atoms with Crippen molar-refractivity contribution in [3.8, 4) is 5.75 Å². The molecule has 1 heterocycles. The molecule has 0 aliphatic carbocycles. The number of aliphatic carboxylic acids is 1. The summed E-state index contributed by atoms with van der Waals surface area (Å²) in [7, 11) is 0. The highest BCUT2D eigenvalue weighted by atomic mass is 79.9. The van der Waals surface area contributed by atoms with E-state index in [1.165, 1.54) is 0 Å². The van der Waals surface area contributed by atoms with E-state index >= 15 is 0 Å². The van der Waals surface area contributed by atoms with E-state index in [0.29, 0.717) is 39.5 Å². The van der Waals surface area contributed by atoms with Gasteiger partial charge < -0.3 is 14.6 Å². The summed E-state index contributed by atoms with van der Waals surface area (Å²) in [5.74, 6) is -0.121. The summed E-state index contributed by atoms with van der Waals surface area (Å²) in [6, 6.07) is 5.89. The molecule has 6 heteroatoms. The number of benzene rings is 1. The smallest absolute Gasteiger partial charge is 0.309 e. The van der Waals surface area contributed by atoms with E-state index in [1.807, 2.05) is 25.1 Å². The van der Waals surface area contributed by atoms with Crippen LogP contribution in [0.3, 0.4) is 0 Å². The molecule has 0 atom stereocenters. The summed E-state index contributed by atoms with van der Waals surface area (Å²) >= 11 is 3.46. The number of hydrogen-bond donors (Lipinski definition) is 1. The van der Waals surface area contributed by atoms with Crippen molar-refractivity contribution in [3.05, 3.63) is 28.2 Å². The Balaban J connectivity index is 1.91. The number of likely N-dealkylation sites (tertiary alicyclic amines) is 1. The summed E-state index contributed by atoms with van der Waals surface area (Å²) in [6.07, 6.45) is 0. The van der Waals surface area contributed by atoms with Crippen molar-refractivity contribution in [2.75, 3.05) is 32.9 Å². The van der Waals surface area contributed by atoms with Crippen molar-refractivity contribution >= 4 is 21.9 Å². The molecule has 1 N–H and O–H groups in total. The lowest BCUT2D eigenvalue weighted by Crippen LogP contribution is -2.49. The Morgan fingerprint density at radius 2 is 2.19 bits per heavy atom. The number of nitrogens with zero attached hydrogens (tertiary/aromatic N) is 1. The summed E-state index contributed by atoms with van der Waals surface area (Å²) in [5.41, 5.74) is 1.06. The molecule has 0 radical (unpaired) electrons. The molecule has 0 aromatic heterocycles. The molecule has 5 nitrogen and oxygen atoms in total. The van der Waals surface area contributed by atoms with Crippen molar-refractivity contribution in [2.45, 2.75) is 13.5 Å². The summed E-state index contributed by atoms with van der Waals surface area (Å²) in [6.45, 7) is 5.61. The third-order valence-electron chi connectivity index (χ3n) is 3.41. The van der Waals surface area contributed by atoms with Gasteiger partial charge in [0.05, 0.1) is 12.5 Å². The van der Waals surface area contributed by atoms with Gasteiger partial charge in [-0.3, -0.25) is 9.69 Å². The van der Waals surface area contributed by atoms with E-state index in [4.69, 9.17) is 14.6 Å². The molecule has 1 aliphatic heterocycles. The standard InChI is InChI=1S/C15H20BrNO4/c1-2-20-5-6-21-14-4-3-13(16)7-11(14)8-17-9-12(10-17)15(18)19/h3-4,7,12H,2,5-6,8-10H2,1H3,(H,18,19). The SMILES string of the molecule is CCOCCOc1ccc(Br)cc1CN1CC(C(=O)O)C1. The fraction of sp³-hybridized carbons (Fsp3) is 0.533. The maximum atomic E-state index is 10.8. The Hall–Kier alpha value is -1.11. The first kappa shape index (κ1) is 16.3.